The maximum absolute atomic E-state index is 12.5. The fourth-order valence-corrected chi connectivity index (χ4v) is 3.28. The van der Waals surface area contributed by atoms with E-state index in [9.17, 15) is 13.6 Å². The van der Waals surface area contributed by atoms with Crippen molar-refractivity contribution in [2.45, 2.75) is 44.0 Å². The number of hydrogen-bond donors (Lipinski definition) is 2. The van der Waals surface area contributed by atoms with E-state index in [4.69, 9.17) is 10.5 Å². The molecule has 7 heteroatoms. The number of nitrogens with one attached hydrogen (secondary N) is 1. The van der Waals surface area contributed by atoms with E-state index in [0.29, 0.717) is 6.61 Å². The van der Waals surface area contributed by atoms with Gasteiger partial charge in [0.15, 0.2) is 0 Å². The number of hydrogen-bond acceptors (Lipinski definition) is 3. The number of alkyl halides is 2. The molecule has 5 nitrogen and oxygen atoms in total. The Kier molecular flexibility index (Phi) is 3.95. The molecule has 1 aromatic rings. The lowest BCUT2D eigenvalue weighted by atomic mass is 9.68. The van der Waals surface area contributed by atoms with Gasteiger partial charge < -0.3 is 20.4 Å². The lowest BCUT2D eigenvalue weighted by molar-refractivity contribution is -0.117. The molecular weight excluding hydrogens is 280 g/mol. The molecule has 1 aliphatic heterocycles. The molecule has 0 bridgehead atoms. The van der Waals surface area contributed by atoms with Gasteiger partial charge in [0.1, 0.15) is 5.69 Å². The first kappa shape index (κ1) is 14.5. The van der Waals surface area contributed by atoms with Crippen molar-refractivity contribution in [2.24, 2.45) is 11.7 Å². The molecule has 116 valence electrons. The first-order valence-corrected chi connectivity index (χ1v) is 7.19. The van der Waals surface area contributed by atoms with Crippen LogP contribution in [0, 0.1) is 5.92 Å². The number of ether oxygens (including phenoxy) is 1. The van der Waals surface area contributed by atoms with Crippen LogP contribution < -0.4 is 11.1 Å². The summed E-state index contributed by atoms with van der Waals surface area (Å²) in [6.45, 7) is 0.192. The Hall–Kier alpha value is -1.47. The van der Waals surface area contributed by atoms with E-state index < -0.39 is 13.0 Å². The van der Waals surface area contributed by atoms with Gasteiger partial charge in [-0.15, -0.1) is 0 Å². The van der Waals surface area contributed by atoms with E-state index >= 15 is 0 Å². The van der Waals surface area contributed by atoms with Crippen LogP contribution in [0.1, 0.15) is 23.3 Å². The number of fused-ring (bicyclic) bond motifs is 1. The monoisotopic (exact) mass is 299 g/mol. The number of carbonyl (C=O) groups excluding carboxylic acids is 1. The number of carbonyl (C=O) groups is 1. The van der Waals surface area contributed by atoms with Crippen LogP contribution in [0.15, 0.2) is 18.3 Å². The van der Waals surface area contributed by atoms with Crippen LogP contribution >= 0.6 is 0 Å². The van der Waals surface area contributed by atoms with Gasteiger partial charge in [0.05, 0.1) is 18.7 Å². The molecule has 1 amide bonds. The quantitative estimate of drug-likeness (QED) is 0.871. The van der Waals surface area contributed by atoms with Gasteiger partial charge in [-0.2, -0.15) is 0 Å². The predicted octanol–water partition coefficient (Wildman–Crippen LogP) is 0.988. The average Bonchev–Trinajstić information content (AvgIpc) is 2.91. The summed E-state index contributed by atoms with van der Waals surface area (Å²) >= 11 is 0. The smallest absolute Gasteiger partial charge is 0.268 e. The Bertz CT molecular complexity index is 520. The molecule has 1 saturated carbocycles. The van der Waals surface area contributed by atoms with Crippen LogP contribution in [-0.2, 0) is 11.3 Å². The highest BCUT2D eigenvalue weighted by Crippen LogP contribution is 2.37. The van der Waals surface area contributed by atoms with Crippen LogP contribution in [-0.4, -0.2) is 41.7 Å². The van der Waals surface area contributed by atoms with Crippen LogP contribution in [0.25, 0.3) is 0 Å². The van der Waals surface area contributed by atoms with Gasteiger partial charge >= 0.3 is 0 Å². The molecule has 1 aliphatic carbocycles. The van der Waals surface area contributed by atoms with Crippen molar-refractivity contribution in [2.75, 3.05) is 6.61 Å². The SMILES string of the molecule is NC1C2CCCOC2C1NC(=O)c1cccn1CC(F)F. The van der Waals surface area contributed by atoms with Gasteiger partial charge in [0.25, 0.3) is 12.3 Å². The summed E-state index contributed by atoms with van der Waals surface area (Å²) in [5.74, 6) is -0.0920. The molecular formula is C14H19F2N3O2. The molecule has 3 rings (SSSR count). The lowest BCUT2D eigenvalue weighted by Gasteiger charge is -2.52. The molecule has 4 atom stereocenters. The van der Waals surface area contributed by atoms with Gasteiger partial charge in [0, 0.05) is 24.8 Å². The highest BCUT2D eigenvalue weighted by molar-refractivity contribution is 5.93. The molecule has 2 aliphatic rings. The number of rotatable bonds is 4. The first-order chi connectivity index (χ1) is 10.1. The predicted molar refractivity (Wildman–Crippen MR) is 72.1 cm³/mol. The van der Waals surface area contributed by atoms with E-state index in [2.05, 4.69) is 5.32 Å². The molecule has 4 unspecified atom stereocenters. The van der Waals surface area contributed by atoms with Crippen LogP contribution in [0.5, 0.6) is 0 Å². The zero-order valence-corrected chi connectivity index (χ0v) is 11.5. The Morgan fingerprint density at radius 2 is 2.38 bits per heavy atom. The van der Waals surface area contributed by atoms with E-state index in [1.165, 1.54) is 16.8 Å². The van der Waals surface area contributed by atoms with Gasteiger partial charge in [-0.05, 0) is 25.0 Å². The zero-order chi connectivity index (χ0) is 15.0. The number of halogens is 2. The second-order valence-electron chi connectivity index (χ2n) is 5.65. The van der Waals surface area contributed by atoms with Gasteiger partial charge in [-0.3, -0.25) is 4.79 Å². The second kappa shape index (κ2) is 5.73. The third-order valence-electron chi connectivity index (χ3n) is 4.37. The molecule has 2 heterocycles. The highest BCUT2D eigenvalue weighted by atomic mass is 19.3. The maximum Gasteiger partial charge on any atom is 0.268 e. The molecule has 3 N–H and O–H groups in total. The van der Waals surface area contributed by atoms with E-state index in [1.54, 1.807) is 6.07 Å². The number of amides is 1. The Balaban J connectivity index is 1.65. The summed E-state index contributed by atoms with van der Waals surface area (Å²) in [5.41, 5.74) is 6.30. The molecule has 0 radical (unpaired) electrons. The van der Waals surface area contributed by atoms with Crippen molar-refractivity contribution >= 4 is 5.91 Å². The molecule has 1 saturated heterocycles. The van der Waals surface area contributed by atoms with Crippen molar-refractivity contribution < 1.29 is 18.3 Å². The molecule has 1 aromatic heterocycles. The maximum atomic E-state index is 12.5. The Morgan fingerprint density at radius 1 is 1.57 bits per heavy atom. The van der Waals surface area contributed by atoms with Gasteiger partial charge in [-0.1, -0.05) is 0 Å². The largest absolute Gasteiger partial charge is 0.376 e. The van der Waals surface area contributed by atoms with Crippen molar-refractivity contribution in [3.63, 3.8) is 0 Å². The molecule has 2 fully saturated rings. The van der Waals surface area contributed by atoms with E-state index in [-0.39, 0.29) is 35.7 Å². The fraction of sp³-hybridized carbons (Fsp3) is 0.643. The van der Waals surface area contributed by atoms with Crippen LogP contribution in [0.4, 0.5) is 8.78 Å². The first-order valence-electron chi connectivity index (χ1n) is 7.19. The van der Waals surface area contributed by atoms with Crippen molar-refractivity contribution in [1.29, 1.82) is 0 Å². The zero-order valence-electron chi connectivity index (χ0n) is 11.5. The van der Waals surface area contributed by atoms with E-state index in [0.717, 1.165) is 12.8 Å². The fourth-order valence-electron chi connectivity index (χ4n) is 3.28. The third kappa shape index (κ3) is 2.67. The molecule has 21 heavy (non-hydrogen) atoms. The van der Waals surface area contributed by atoms with Gasteiger partial charge in [0.2, 0.25) is 0 Å². The summed E-state index contributed by atoms with van der Waals surface area (Å²) < 4.78 is 31.8. The number of nitrogens with two attached hydrogens (primary N) is 1. The second-order valence-corrected chi connectivity index (χ2v) is 5.65. The summed E-state index contributed by atoms with van der Waals surface area (Å²) in [5, 5.41) is 2.83. The molecule has 0 aromatic carbocycles. The van der Waals surface area contributed by atoms with Crippen molar-refractivity contribution in [3.05, 3.63) is 24.0 Å². The van der Waals surface area contributed by atoms with Crippen LogP contribution in [0.2, 0.25) is 0 Å². The van der Waals surface area contributed by atoms with E-state index in [1.807, 2.05) is 0 Å². The third-order valence-corrected chi connectivity index (χ3v) is 4.37. The minimum Gasteiger partial charge on any atom is -0.376 e. The normalized spacial score (nSPS) is 31.6. The molecule has 0 spiro atoms. The van der Waals surface area contributed by atoms with Crippen molar-refractivity contribution in [3.8, 4) is 0 Å². The summed E-state index contributed by atoms with van der Waals surface area (Å²) in [6, 6.07) is 2.74. The minimum absolute atomic E-state index is 0.0452. The highest BCUT2D eigenvalue weighted by Gasteiger charge is 2.51. The summed E-state index contributed by atoms with van der Waals surface area (Å²) in [6.07, 6.45) is 0.936. The Labute approximate surface area is 121 Å². The van der Waals surface area contributed by atoms with Crippen LogP contribution in [0.3, 0.4) is 0 Å². The number of aromatic nitrogens is 1. The number of nitrogens with zero attached hydrogens (tertiary/aromatic N) is 1. The summed E-state index contributed by atoms with van der Waals surface area (Å²) in [4.78, 5) is 12.2. The van der Waals surface area contributed by atoms with Crippen molar-refractivity contribution in [1.82, 2.24) is 9.88 Å². The summed E-state index contributed by atoms with van der Waals surface area (Å²) in [7, 11) is 0. The van der Waals surface area contributed by atoms with Gasteiger partial charge in [-0.25, -0.2) is 8.78 Å². The lowest BCUT2D eigenvalue weighted by Crippen LogP contribution is -2.72. The Morgan fingerprint density at radius 3 is 3.14 bits per heavy atom. The minimum atomic E-state index is -2.50. The standard InChI is InChI=1S/C14H19F2N3O2/c15-10(16)7-19-5-1-4-9(19)14(20)18-12-11(17)8-3-2-6-21-13(8)12/h1,4-5,8,10-13H,2-3,6-7,17H2,(H,18,20). The average molecular weight is 299 g/mol. The topological polar surface area (TPSA) is 69.3 Å².